The summed E-state index contributed by atoms with van der Waals surface area (Å²) in [7, 11) is 0. The molecule has 1 heteroatoms. The predicted octanol–water partition coefficient (Wildman–Crippen LogP) is 4.85. The van der Waals surface area contributed by atoms with Crippen molar-refractivity contribution in [2.24, 2.45) is 5.92 Å². The number of rotatable bonds is 3. The maximum atomic E-state index is 2.65. The predicted molar refractivity (Wildman–Crippen MR) is 93.6 cm³/mol. The van der Waals surface area contributed by atoms with Gasteiger partial charge in [0, 0.05) is 6.04 Å². The minimum atomic E-state index is 0.668. The fourth-order valence-corrected chi connectivity index (χ4v) is 3.85. The van der Waals surface area contributed by atoms with Crippen molar-refractivity contribution in [3.63, 3.8) is 0 Å². The number of hydrogen-bond donors (Lipinski definition) is 0. The van der Waals surface area contributed by atoms with Crippen LogP contribution < -0.4 is 0 Å². The lowest BCUT2D eigenvalue weighted by molar-refractivity contribution is 0.0740. The van der Waals surface area contributed by atoms with Gasteiger partial charge in [-0.15, -0.1) is 0 Å². The molecule has 0 radical (unpaired) electrons. The lowest BCUT2D eigenvalue weighted by Crippen LogP contribution is -2.47. The van der Waals surface area contributed by atoms with Crippen molar-refractivity contribution in [2.75, 3.05) is 13.1 Å². The third kappa shape index (κ3) is 2.86. The summed E-state index contributed by atoms with van der Waals surface area (Å²) in [5.41, 5.74) is 3.88. The summed E-state index contributed by atoms with van der Waals surface area (Å²) in [5.74, 6) is 0.972. The molecule has 3 aliphatic heterocycles. The SMILES string of the molecule is C(=CC1CC2CCN1CC2)c1ccc(-c2ccccc2)cc1. The molecule has 0 spiro atoms. The van der Waals surface area contributed by atoms with Crippen LogP contribution in [0.25, 0.3) is 17.2 Å². The fraction of sp³-hybridized carbons (Fsp3) is 0.333. The van der Waals surface area contributed by atoms with Crippen LogP contribution in [0.4, 0.5) is 0 Å². The highest BCUT2D eigenvalue weighted by Gasteiger charge is 2.31. The number of piperidine rings is 3. The lowest BCUT2D eigenvalue weighted by atomic mass is 9.83. The number of hydrogen-bond acceptors (Lipinski definition) is 1. The highest BCUT2D eigenvalue weighted by molar-refractivity contribution is 5.65. The monoisotopic (exact) mass is 289 g/mol. The Hall–Kier alpha value is -1.86. The Morgan fingerprint density at radius 2 is 1.50 bits per heavy atom. The Bertz CT molecular complexity index is 633. The third-order valence-electron chi connectivity index (χ3n) is 5.22. The van der Waals surface area contributed by atoms with Crippen molar-refractivity contribution in [3.05, 3.63) is 66.2 Å². The van der Waals surface area contributed by atoms with Crippen molar-refractivity contribution in [2.45, 2.75) is 25.3 Å². The third-order valence-corrected chi connectivity index (χ3v) is 5.22. The molecule has 0 aliphatic carbocycles. The van der Waals surface area contributed by atoms with Gasteiger partial charge in [0.15, 0.2) is 0 Å². The molecule has 22 heavy (non-hydrogen) atoms. The van der Waals surface area contributed by atoms with E-state index in [4.69, 9.17) is 0 Å². The van der Waals surface area contributed by atoms with Crippen LogP contribution in [0.5, 0.6) is 0 Å². The van der Waals surface area contributed by atoms with Crippen LogP contribution in [0, 0.1) is 5.92 Å². The zero-order valence-corrected chi connectivity index (χ0v) is 13.0. The Morgan fingerprint density at radius 3 is 2.14 bits per heavy atom. The molecular weight excluding hydrogens is 266 g/mol. The maximum absolute atomic E-state index is 2.65. The number of fused-ring (bicyclic) bond motifs is 3. The number of benzene rings is 2. The average molecular weight is 289 g/mol. The first kappa shape index (κ1) is 13.8. The summed E-state index contributed by atoms with van der Waals surface area (Å²) in [5, 5.41) is 0. The zero-order valence-electron chi connectivity index (χ0n) is 13.0. The highest BCUT2D eigenvalue weighted by atomic mass is 15.2. The van der Waals surface area contributed by atoms with Crippen molar-refractivity contribution < 1.29 is 0 Å². The van der Waals surface area contributed by atoms with E-state index in [1.54, 1.807) is 0 Å². The van der Waals surface area contributed by atoms with E-state index >= 15 is 0 Å². The Labute approximate surface area is 133 Å². The molecule has 3 saturated heterocycles. The summed E-state index contributed by atoms with van der Waals surface area (Å²) in [6.45, 7) is 2.60. The van der Waals surface area contributed by atoms with Gasteiger partial charge in [-0.05, 0) is 55.0 Å². The largest absolute Gasteiger partial charge is 0.297 e. The van der Waals surface area contributed by atoms with Crippen molar-refractivity contribution in [1.29, 1.82) is 0 Å². The molecule has 3 aliphatic rings. The lowest BCUT2D eigenvalue weighted by Gasteiger charge is -2.44. The van der Waals surface area contributed by atoms with Gasteiger partial charge in [-0.1, -0.05) is 66.7 Å². The van der Waals surface area contributed by atoms with Crippen LogP contribution in [-0.2, 0) is 0 Å². The smallest absolute Gasteiger partial charge is 0.0284 e. The quantitative estimate of drug-likeness (QED) is 0.780. The molecule has 0 N–H and O–H groups in total. The van der Waals surface area contributed by atoms with Crippen molar-refractivity contribution in [1.82, 2.24) is 4.90 Å². The van der Waals surface area contributed by atoms with E-state index in [-0.39, 0.29) is 0 Å². The van der Waals surface area contributed by atoms with Gasteiger partial charge in [0.25, 0.3) is 0 Å². The van der Waals surface area contributed by atoms with E-state index in [2.05, 4.69) is 71.6 Å². The Kier molecular flexibility index (Phi) is 3.82. The van der Waals surface area contributed by atoms with Gasteiger partial charge in [-0.25, -0.2) is 0 Å². The van der Waals surface area contributed by atoms with Gasteiger partial charge in [0.1, 0.15) is 0 Å². The van der Waals surface area contributed by atoms with Gasteiger partial charge in [-0.3, -0.25) is 4.90 Å². The molecule has 0 saturated carbocycles. The van der Waals surface area contributed by atoms with E-state index in [1.165, 1.54) is 49.0 Å². The summed E-state index contributed by atoms with van der Waals surface area (Å²) in [4.78, 5) is 2.65. The minimum Gasteiger partial charge on any atom is -0.297 e. The fourth-order valence-electron chi connectivity index (χ4n) is 3.85. The molecule has 2 aromatic carbocycles. The second-order valence-corrected chi connectivity index (χ2v) is 6.63. The standard InChI is InChI=1S/C21H23N/c1-2-4-19(5-3-1)20-9-6-17(7-10-20)8-11-21-16-18-12-14-22(21)15-13-18/h1-11,18,21H,12-16H2. The average Bonchev–Trinajstić information content (AvgIpc) is 2.62. The molecule has 1 nitrogen and oxygen atoms in total. The van der Waals surface area contributed by atoms with Crippen LogP contribution in [-0.4, -0.2) is 24.0 Å². The van der Waals surface area contributed by atoms with E-state index in [1.807, 2.05) is 0 Å². The normalized spacial score (nSPS) is 27.4. The van der Waals surface area contributed by atoms with Crippen molar-refractivity contribution in [3.8, 4) is 11.1 Å². The van der Waals surface area contributed by atoms with Gasteiger partial charge in [0.05, 0.1) is 0 Å². The van der Waals surface area contributed by atoms with Gasteiger partial charge in [-0.2, -0.15) is 0 Å². The Morgan fingerprint density at radius 1 is 0.818 bits per heavy atom. The first-order valence-electron chi connectivity index (χ1n) is 8.46. The van der Waals surface area contributed by atoms with Gasteiger partial charge < -0.3 is 0 Å². The summed E-state index contributed by atoms with van der Waals surface area (Å²) in [6, 6.07) is 20.2. The van der Waals surface area contributed by atoms with Crippen LogP contribution in [0.2, 0.25) is 0 Å². The summed E-state index contributed by atoms with van der Waals surface area (Å²) >= 11 is 0. The molecule has 3 heterocycles. The van der Waals surface area contributed by atoms with Crippen molar-refractivity contribution >= 4 is 6.08 Å². The molecule has 3 fully saturated rings. The molecule has 0 amide bonds. The first-order chi connectivity index (χ1) is 10.9. The molecule has 1 unspecified atom stereocenters. The van der Waals surface area contributed by atoms with Crippen LogP contribution in [0.3, 0.4) is 0 Å². The summed E-state index contributed by atoms with van der Waals surface area (Å²) in [6.07, 6.45) is 8.91. The molecule has 2 aromatic rings. The second-order valence-electron chi connectivity index (χ2n) is 6.63. The zero-order chi connectivity index (χ0) is 14.8. The van der Waals surface area contributed by atoms with E-state index in [0.29, 0.717) is 6.04 Å². The van der Waals surface area contributed by atoms with E-state index in [9.17, 15) is 0 Å². The van der Waals surface area contributed by atoms with Crippen LogP contribution in [0.1, 0.15) is 24.8 Å². The minimum absolute atomic E-state index is 0.668. The topological polar surface area (TPSA) is 3.24 Å². The molecular formula is C21H23N. The van der Waals surface area contributed by atoms with E-state index < -0.39 is 0 Å². The molecule has 0 aromatic heterocycles. The molecule has 1 atom stereocenters. The number of nitrogens with zero attached hydrogens (tertiary/aromatic N) is 1. The second kappa shape index (κ2) is 6.10. The molecule has 112 valence electrons. The van der Waals surface area contributed by atoms with Gasteiger partial charge in [0.2, 0.25) is 0 Å². The first-order valence-corrected chi connectivity index (χ1v) is 8.46. The Balaban J connectivity index is 1.46. The summed E-state index contributed by atoms with van der Waals surface area (Å²) < 4.78 is 0. The molecule has 5 rings (SSSR count). The van der Waals surface area contributed by atoms with Crippen LogP contribution in [0.15, 0.2) is 60.7 Å². The van der Waals surface area contributed by atoms with Gasteiger partial charge >= 0.3 is 0 Å². The van der Waals surface area contributed by atoms with E-state index in [0.717, 1.165) is 5.92 Å². The maximum Gasteiger partial charge on any atom is 0.0284 e. The highest BCUT2D eigenvalue weighted by Crippen LogP contribution is 2.32. The van der Waals surface area contributed by atoms with Crippen LogP contribution >= 0.6 is 0 Å². The molecule has 2 bridgehead atoms.